The number of ether oxygens (including phenoxy) is 1. The summed E-state index contributed by atoms with van der Waals surface area (Å²) in [7, 11) is 0. The van der Waals surface area contributed by atoms with Crippen molar-refractivity contribution in [2.45, 2.75) is 19.5 Å². The zero-order valence-electron chi connectivity index (χ0n) is 9.78. The highest BCUT2D eigenvalue weighted by molar-refractivity contribution is 4.85. The third-order valence-corrected chi connectivity index (χ3v) is 2.93. The van der Waals surface area contributed by atoms with Crippen LogP contribution in [-0.2, 0) is 11.3 Å². The van der Waals surface area contributed by atoms with Crippen molar-refractivity contribution in [1.29, 1.82) is 0 Å². The molecule has 1 unspecified atom stereocenters. The fraction of sp³-hybridized carbons (Fsp3) is 0.727. The number of nitrogens with zero attached hydrogens (tertiary/aromatic N) is 2. The van der Waals surface area contributed by atoms with Crippen molar-refractivity contribution in [3.05, 3.63) is 18.2 Å². The first kappa shape index (κ1) is 11.6. The van der Waals surface area contributed by atoms with Gasteiger partial charge in [-0.3, -0.25) is 4.90 Å². The zero-order valence-corrected chi connectivity index (χ0v) is 9.78. The summed E-state index contributed by atoms with van der Waals surface area (Å²) in [5, 5.41) is 3.38. The SMILES string of the molecule is CC1COCCN1CCNCc1ncc[nH]1. The Morgan fingerprint density at radius 2 is 2.62 bits per heavy atom. The van der Waals surface area contributed by atoms with Gasteiger partial charge in [-0.1, -0.05) is 0 Å². The molecule has 5 nitrogen and oxygen atoms in total. The fourth-order valence-corrected chi connectivity index (χ4v) is 1.92. The van der Waals surface area contributed by atoms with Gasteiger partial charge in [-0.2, -0.15) is 0 Å². The molecule has 1 aliphatic rings. The van der Waals surface area contributed by atoms with Crippen molar-refractivity contribution < 1.29 is 4.74 Å². The Morgan fingerprint density at radius 1 is 1.69 bits per heavy atom. The van der Waals surface area contributed by atoms with E-state index in [1.807, 2.05) is 6.20 Å². The number of hydrogen-bond acceptors (Lipinski definition) is 4. The zero-order chi connectivity index (χ0) is 11.2. The Labute approximate surface area is 96.2 Å². The largest absolute Gasteiger partial charge is 0.379 e. The van der Waals surface area contributed by atoms with Gasteiger partial charge in [0.1, 0.15) is 5.82 Å². The van der Waals surface area contributed by atoms with Gasteiger partial charge in [-0.25, -0.2) is 4.98 Å². The Bertz CT molecular complexity index is 288. The third-order valence-electron chi connectivity index (χ3n) is 2.93. The first-order chi connectivity index (χ1) is 7.86. The molecular formula is C11H20N4O. The number of rotatable bonds is 5. The average Bonchev–Trinajstić information content (AvgIpc) is 2.79. The number of imidazole rings is 1. The van der Waals surface area contributed by atoms with E-state index >= 15 is 0 Å². The lowest BCUT2D eigenvalue weighted by Gasteiger charge is -2.33. The predicted octanol–water partition coefficient (Wildman–Crippen LogP) is 0.220. The molecule has 0 aromatic carbocycles. The summed E-state index contributed by atoms with van der Waals surface area (Å²) in [6.07, 6.45) is 3.63. The van der Waals surface area contributed by atoms with E-state index in [9.17, 15) is 0 Å². The minimum atomic E-state index is 0.541. The fourth-order valence-electron chi connectivity index (χ4n) is 1.92. The van der Waals surface area contributed by atoms with Gasteiger partial charge >= 0.3 is 0 Å². The van der Waals surface area contributed by atoms with Crippen molar-refractivity contribution in [1.82, 2.24) is 20.2 Å². The van der Waals surface area contributed by atoms with Crippen LogP contribution in [0.3, 0.4) is 0 Å². The van der Waals surface area contributed by atoms with Crippen molar-refractivity contribution in [2.75, 3.05) is 32.8 Å². The summed E-state index contributed by atoms with van der Waals surface area (Å²) in [4.78, 5) is 9.70. The van der Waals surface area contributed by atoms with E-state index in [-0.39, 0.29) is 0 Å². The van der Waals surface area contributed by atoms with Crippen LogP contribution in [0.5, 0.6) is 0 Å². The number of nitrogens with one attached hydrogen (secondary N) is 2. The van der Waals surface area contributed by atoms with Gasteiger partial charge in [0.2, 0.25) is 0 Å². The van der Waals surface area contributed by atoms with E-state index in [1.165, 1.54) is 0 Å². The summed E-state index contributed by atoms with van der Waals surface area (Å²) in [5.74, 6) is 0.995. The topological polar surface area (TPSA) is 53.2 Å². The molecule has 1 saturated heterocycles. The molecule has 1 fully saturated rings. The maximum Gasteiger partial charge on any atom is 0.120 e. The second kappa shape index (κ2) is 5.98. The van der Waals surface area contributed by atoms with E-state index in [2.05, 4.69) is 27.1 Å². The molecule has 1 aliphatic heterocycles. The number of H-pyrrole nitrogens is 1. The predicted molar refractivity (Wildman–Crippen MR) is 62.1 cm³/mol. The molecule has 2 rings (SSSR count). The van der Waals surface area contributed by atoms with Crippen LogP contribution in [0.1, 0.15) is 12.7 Å². The first-order valence-electron chi connectivity index (χ1n) is 5.87. The molecule has 0 aliphatic carbocycles. The molecule has 2 N–H and O–H groups in total. The molecule has 2 heterocycles. The highest BCUT2D eigenvalue weighted by atomic mass is 16.5. The standard InChI is InChI=1S/C11H20N4O/c1-10-9-16-7-6-15(10)5-4-12-8-11-13-2-3-14-11/h2-3,10,12H,4-9H2,1H3,(H,13,14). The van der Waals surface area contributed by atoms with E-state index in [4.69, 9.17) is 4.74 Å². The molecule has 0 spiro atoms. The normalized spacial score (nSPS) is 22.4. The molecule has 0 bridgehead atoms. The van der Waals surface area contributed by atoms with Gasteiger partial charge < -0.3 is 15.0 Å². The summed E-state index contributed by atoms with van der Waals surface area (Å²) >= 11 is 0. The minimum absolute atomic E-state index is 0.541. The van der Waals surface area contributed by atoms with E-state index in [0.29, 0.717) is 6.04 Å². The molecule has 0 radical (unpaired) electrons. The summed E-state index contributed by atoms with van der Waals surface area (Å²) in [6.45, 7) is 7.86. The van der Waals surface area contributed by atoms with E-state index in [0.717, 1.165) is 45.2 Å². The number of morpholine rings is 1. The third kappa shape index (κ3) is 3.30. The first-order valence-corrected chi connectivity index (χ1v) is 5.87. The summed E-state index contributed by atoms with van der Waals surface area (Å²) < 4.78 is 5.40. The molecule has 90 valence electrons. The van der Waals surface area contributed by atoms with Crippen LogP contribution in [0.15, 0.2) is 12.4 Å². The molecule has 0 saturated carbocycles. The molecule has 0 amide bonds. The Morgan fingerprint density at radius 3 is 3.38 bits per heavy atom. The smallest absolute Gasteiger partial charge is 0.120 e. The van der Waals surface area contributed by atoms with Gasteiger partial charge in [-0.15, -0.1) is 0 Å². The Balaban J connectivity index is 1.60. The van der Waals surface area contributed by atoms with Gasteiger partial charge in [0.25, 0.3) is 0 Å². The van der Waals surface area contributed by atoms with Gasteiger partial charge in [0, 0.05) is 38.1 Å². The second-order valence-corrected chi connectivity index (χ2v) is 4.17. The number of aromatic nitrogens is 2. The van der Waals surface area contributed by atoms with Gasteiger partial charge in [0.05, 0.1) is 19.8 Å². The highest BCUT2D eigenvalue weighted by Gasteiger charge is 2.17. The second-order valence-electron chi connectivity index (χ2n) is 4.17. The maximum atomic E-state index is 5.40. The minimum Gasteiger partial charge on any atom is -0.379 e. The molecule has 16 heavy (non-hydrogen) atoms. The molecule has 5 heteroatoms. The van der Waals surface area contributed by atoms with Crippen LogP contribution in [0.2, 0.25) is 0 Å². The molecule has 1 aromatic heterocycles. The van der Waals surface area contributed by atoms with Gasteiger partial charge in [0.15, 0.2) is 0 Å². The number of hydrogen-bond donors (Lipinski definition) is 2. The van der Waals surface area contributed by atoms with Crippen LogP contribution in [0, 0.1) is 0 Å². The van der Waals surface area contributed by atoms with Crippen molar-refractivity contribution in [3.63, 3.8) is 0 Å². The lowest BCUT2D eigenvalue weighted by Crippen LogP contribution is -2.46. The summed E-state index contributed by atoms with van der Waals surface area (Å²) in [5.41, 5.74) is 0. The van der Waals surface area contributed by atoms with E-state index in [1.54, 1.807) is 6.20 Å². The molecule has 1 atom stereocenters. The van der Waals surface area contributed by atoms with Gasteiger partial charge in [-0.05, 0) is 6.92 Å². The monoisotopic (exact) mass is 224 g/mol. The van der Waals surface area contributed by atoms with Crippen LogP contribution in [0.25, 0.3) is 0 Å². The lowest BCUT2D eigenvalue weighted by molar-refractivity contribution is 0.000391. The summed E-state index contributed by atoms with van der Waals surface area (Å²) in [6, 6.07) is 0.541. The van der Waals surface area contributed by atoms with Crippen LogP contribution < -0.4 is 5.32 Å². The number of aromatic amines is 1. The lowest BCUT2D eigenvalue weighted by atomic mass is 10.2. The van der Waals surface area contributed by atoms with Crippen molar-refractivity contribution in [2.24, 2.45) is 0 Å². The van der Waals surface area contributed by atoms with Crippen molar-refractivity contribution >= 4 is 0 Å². The van der Waals surface area contributed by atoms with Crippen LogP contribution >= 0.6 is 0 Å². The van der Waals surface area contributed by atoms with Crippen LogP contribution in [-0.4, -0.2) is 53.8 Å². The van der Waals surface area contributed by atoms with Crippen LogP contribution in [0.4, 0.5) is 0 Å². The molecule has 1 aromatic rings. The Hall–Kier alpha value is -0.910. The maximum absolute atomic E-state index is 5.40. The Kier molecular flexibility index (Phi) is 4.33. The quantitative estimate of drug-likeness (QED) is 0.703. The highest BCUT2D eigenvalue weighted by Crippen LogP contribution is 2.04. The van der Waals surface area contributed by atoms with E-state index < -0.39 is 0 Å². The molecular weight excluding hydrogens is 204 g/mol. The average molecular weight is 224 g/mol. The van der Waals surface area contributed by atoms with Crippen molar-refractivity contribution in [3.8, 4) is 0 Å².